The third kappa shape index (κ3) is 4.08. The lowest BCUT2D eigenvalue weighted by atomic mass is 10.1. The maximum atomic E-state index is 12.9. The topological polar surface area (TPSA) is 99.1 Å². The van der Waals surface area contributed by atoms with Gasteiger partial charge in [0.2, 0.25) is 0 Å². The SMILES string of the molecule is C=CCn1c(SCC(=O)c2[nH]c(C)c(C(C)=O)c2C)nnc1[C@H]1COc2ccccc2O1. The zero-order chi connectivity index (χ0) is 22.8. The average molecular weight is 453 g/mol. The van der Waals surface area contributed by atoms with E-state index in [0.29, 0.717) is 58.1 Å². The van der Waals surface area contributed by atoms with Gasteiger partial charge in [-0.15, -0.1) is 16.8 Å². The molecule has 0 saturated carbocycles. The molecule has 0 aliphatic carbocycles. The van der Waals surface area contributed by atoms with Gasteiger partial charge in [-0.1, -0.05) is 30.0 Å². The monoisotopic (exact) mass is 452 g/mol. The molecule has 0 unspecified atom stereocenters. The molecule has 3 heterocycles. The highest BCUT2D eigenvalue weighted by Gasteiger charge is 2.29. The summed E-state index contributed by atoms with van der Waals surface area (Å²) < 4.78 is 13.8. The van der Waals surface area contributed by atoms with Crippen LogP contribution < -0.4 is 9.47 Å². The largest absolute Gasteiger partial charge is 0.485 e. The first-order valence-corrected chi connectivity index (χ1v) is 11.2. The number of aromatic amines is 1. The highest BCUT2D eigenvalue weighted by Crippen LogP contribution is 2.36. The zero-order valence-electron chi connectivity index (χ0n) is 18.2. The van der Waals surface area contributed by atoms with E-state index in [1.807, 2.05) is 28.8 Å². The maximum Gasteiger partial charge on any atom is 0.192 e. The van der Waals surface area contributed by atoms with E-state index in [-0.39, 0.29) is 17.3 Å². The summed E-state index contributed by atoms with van der Waals surface area (Å²) in [6.07, 6.45) is 1.32. The van der Waals surface area contributed by atoms with Crippen LogP contribution in [-0.2, 0) is 6.54 Å². The Balaban J connectivity index is 1.52. The summed E-state index contributed by atoms with van der Waals surface area (Å²) in [5, 5.41) is 9.18. The number of para-hydroxylation sites is 2. The van der Waals surface area contributed by atoms with Gasteiger partial charge >= 0.3 is 0 Å². The van der Waals surface area contributed by atoms with Crippen molar-refractivity contribution < 1.29 is 19.1 Å². The molecule has 1 atom stereocenters. The van der Waals surface area contributed by atoms with Crippen molar-refractivity contribution in [1.82, 2.24) is 19.7 Å². The van der Waals surface area contributed by atoms with Crippen molar-refractivity contribution in [1.29, 1.82) is 0 Å². The van der Waals surface area contributed by atoms with Crippen molar-refractivity contribution in [3.63, 3.8) is 0 Å². The van der Waals surface area contributed by atoms with E-state index in [0.717, 1.165) is 0 Å². The number of nitrogens with one attached hydrogen (secondary N) is 1. The first-order valence-electron chi connectivity index (χ1n) is 10.2. The van der Waals surface area contributed by atoms with Crippen molar-refractivity contribution >= 4 is 23.3 Å². The van der Waals surface area contributed by atoms with Crippen molar-refractivity contribution in [2.24, 2.45) is 0 Å². The molecular formula is C23H24N4O4S. The minimum absolute atomic E-state index is 0.0606. The van der Waals surface area contributed by atoms with Crippen molar-refractivity contribution in [2.45, 2.75) is 38.6 Å². The van der Waals surface area contributed by atoms with E-state index < -0.39 is 6.10 Å². The molecule has 1 aliphatic rings. The molecule has 0 saturated heterocycles. The van der Waals surface area contributed by atoms with Crippen LogP contribution in [0.25, 0.3) is 0 Å². The molecule has 8 nitrogen and oxygen atoms in total. The van der Waals surface area contributed by atoms with Crippen LogP contribution in [0.4, 0.5) is 0 Å². The second-order valence-corrected chi connectivity index (χ2v) is 8.44. The van der Waals surface area contributed by atoms with Crippen molar-refractivity contribution in [2.75, 3.05) is 12.4 Å². The van der Waals surface area contributed by atoms with Crippen LogP contribution in [0.2, 0.25) is 0 Å². The van der Waals surface area contributed by atoms with Crippen LogP contribution in [0.3, 0.4) is 0 Å². The number of nitrogens with zero attached hydrogens (tertiary/aromatic N) is 3. The van der Waals surface area contributed by atoms with Crippen LogP contribution >= 0.6 is 11.8 Å². The lowest BCUT2D eigenvalue weighted by Crippen LogP contribution is -2.25. The number of carbonyl (C=O) groups excluding carboxylic acids is 2. The molecule has 1 aliphatic heterocycles. The fourth-order valence-electron chi connectivity index (χ4n) is 3.85. The van der Waals surface area contributed by atoms with Gasteiger partial charge < -0.3 is 14.5 Å². The summed E-state index contributed by atoms with van der Waals surface area (Å²) in [6, 6.07) is 7.48. The summed E-state index contributed by atoms with van der Waals surface area (Å²) >= 11 is 1.28. The predicted octanol–water partition coefficient (Wildman–Crippen LogP) is 4.10. The number of hydrogen-bond donors (Lipinski definition) is 1. The maximum absolute atomic E-state index is 12.9. The summed E-state index contributed by atoms with van der Waals surface area (Å²) in [5.41, 5.74) is 2.41. The van der Waals surface area contributed by atoms with Crippen LogP contribution in [0.5, 0.6) is 11.5 Å². The number of ether oxygens (including phenoxy) is 2. The number of Topliss-reactive ketones (excluding diaryl/α,β-unsaturated/α-hetero) is 2. The second kappa shape index (κ2) is 9.04. The molecule has 166 valence electrons. The molecule has 0 spiro atoms. The number of aromatic nitrogens is 4. The number of fused-ring (bicyclic) bond motifs is 1. The van der Waals surface area contributed by atoms with Crippen LogP contribution in [0.15, 0.2) is 42.1 Å². The molecule has 32 heavy (non-hydrogen) atoms. The number of aryl methyl sites for hydroxylation is 1. The van der Waals surface area contributed by atoms with Gasteiger partial charge in [0.05, 0.1) is 11.4 Å². The molecule has 1 aromatic carbocycles. The zero-order valence-corrected chi connectivity index (χ0v) is 19.0. The standard InChI is InChI=1S/C23H24N4O4S/c1-5-10-27-22(19-11-30-17-8-6-7-9-18(17)31-19)25-26-23(27)32-12-16(29)21-13(2)20(15(4)28)14(3)24-21/h5-9,19,24H,1,10-12H2,2-4H3/t19-/m1/s1. The minimum atomic E-state index is -0.422. The molecule has 9 heteroatoms. The Morgan fingerprint density at radius 2 is 2.03 bits per heavy atom. The Kier molecular flexibility index (Phi) is 6.18. The van der Waals surface area contributed by atoms with Gasteiger partial charge in [0, 0.05) is 17.8 Å². The van der Waals surface area contributed by atoms with Gasteiger partial charge in [0.1, 0.15) is 6.61 Å². The van der Waals surface area contributed by atoms with E-state index in [9.17, 15) is 9.59 Å². The molecule has 0 amide bonds. The highest BCUT2D eigenvalue weighted by molar-refractivity contribution is 7.99. The van der Waals surface area contributed by atoms with E-state index in [1.54, 1.807) is 19.9 Å². The van der Waals surface area contributed by atoms with Crippen LogP contribution in [0, 0.1) is 13.8 Å². The number of carbonyl (C=O) groups is 2. The lowest BCUT2D eigenvalue weighted by molar-refractivity contribution is 0.0821. The highest BCUT2D eigenvalue weighted by atomic mass is 32.2. The Morgan fingerprint density at radius 1 is 1.28 bits per heavy atom. The molecule has 1 N–H and O–H groups in total. The summed E-state index contributed by atoms with van der Waals surface area (Å²) in [5.74, 6) is 1.94. The summed E-state index contributed by atoms with van der Waals surface area (Å²) in [4.78, 5) is 27.8. The van der Waals surface area contributed by atoms with Crippen molar-refractivity contribution in [3.8, 4) is 11.5 Å². The van der Waals surface area contributed by atoms with Crippen molar-refractivity contribution in [3.05, 3.63) is 65.3 Å². The molecule has 2 aromatic heterocycles. The van der Waals surface area contributed by atoms with E-state index in [2.05, 4.69) is 21.8 Å². The van der Waals surface area contributed by atoms with E-state index in [1.165, 1.54) is 18.7 Å². The minimum Gasteiger partial charge on any atom is -0.485 e. The fourth-order valence-corrected chi connectivity index (χ4v) is 4.68. The molecule has 4 rings (SSSR count). The van der Waals surface area contributed by atoms with Gasteiger partial charge in [-0.25, -0.2) is 0 Å². The molecule has 3 aromatic rings. The van der Waals surface area contributed by atoms with Gasteiger partial charge in [0.25, 0.3) is 0 Å². The average Bonchev–Trinajstić information content (AvgIpc) is 3.31. The molecule has 0 fully saturated rings. The molecule has 0 bridgehead atoms. The number of H-pyrrole nitrogens is 1. The first-order chi connectivity index (χ1) is 15.4. The van der Waals surface area contributed by atoms with Gasteiger partial charge in [0.15, 0.2) is 40.2 Å². The number of thioether (sulfide) groups is 1. The lowest BCUT2D eigenvalue weighted by Gasteiger charge is -2.26. The molecule has 0 radical (unpaired) electrons. The van der Waals surface area contributed by atoms with E-state index in [4.69, 9.17) is 9.47 Å². The Bertz CT molecular complexity index is 1200. The number of allylic oxidation sites excluding steroid dienone is 1. The van der Waals surface area contributed by atoms with Crippen LogP contribution in [0.1, 0.15) is 51.0 Å². The third-order valence-corrected chi connectivity index (χ3v) is 6.22. The third-order valence-electron chi connectivity index (χ3n) is 5.25. The first kappa shape index (κ1) is 21.9. The Labute approximate surface area is 190 Å². The second-order valence-electron chi connectivity index (χ2n) is 7.50. The normalized spacial score (nSPS) is 14.9. The van der Waals surface area contributed by atoms with Gasteiger partial charge in [-0.05, 0) is 38.5 Å². The molecular weight excluding hydrogens is 428 g/mol. The smallest absolute Gasteiger partial charge is 0.192 e. The fraction of sp³-hybridized carbons (Fsp3) is 0.304. The van der Waals surface area contributed by atoms with Crippen LogP contribution in [-0.4, -0.2) is 43.7 Å². The number of hydrogen-bond acceptors (Lipinski definition) is 7. The Hall–Kier alpha value is -3.33. The van der Waals surface area contributed by atoms with E-state index >= 15 is 0 Å². The number of ketones is 2. The predicted molar refractivity (Wildman–Crippen MR) is 121 cm³/mol. The Morgan fingerprint density at radius 3 is 2.72 bits per heavy atom. The number of benzene rings is 1. The summed E-state index contributed by atoms with van der Waals surface area (Å²) in [6.45, 7) is 9.68. The summed E-state index contributed by atoms with van der Waals surface area (Å²) in [7, 11) is 0. The number of rotatable bonds is 8. The quantitative estimate of drug-likeness (QED) is 0.312. The van der Waals surface area contributed by atoms with Gasteiger partial charge in [-0.2, -0.15) is 0 Å². The van der Waals surface area contributed by atoms with Gasteiger partial charge in [-0.3, -0.25) is 14.2 Å².